The second kappa shape index (κ2) is 10.3. The Morgan fingerprint density at radius 2 is 1.91 bits per heavy atom. The van der Waals surface area contributed by atoms with Crippen molar-refractivity contribution in [1.82, 2.24) is 9.97 Å². The van der Waals surface area contributed by atoms with Gasteiger partial charge < -0.3 is 10.2 Å². The Labute approximate surface area is 204 Å². The summed E-state index contributed by atoms with van der Waals surface area (Å²) in [5.74, 6) is 1.46. The van der Waals surface area contributed by atoms with Crippen LogP contribution in [-0.2, 0) is 0 Å². The lowest BCUT2D eigenvalue weighted by molar-refractivity contribution is -0.865. The first-order chi connectivity index (χ1) is 16.3. The van der Waals surface area contributed by atoms with Gasteiger partial charge in [0.2, 0.25) is 5.82 Å². The highest BCUT2D eigenvalue weighted by molar-refractivity contribution is 7.16. The van der Waals surface area contributed by atoms with Crippen LogP contribution in [0.3, 0.4) is 0 Å². The van der Waals surface area contributed by atoms with E-state index >= 15 is 0 Å². The second-order valence-corrected chi connectivity index (χ2v) is 10.5. The monoisotopic (exact) mass is 476 g/mol. The summed E-state index contributed by atoms with van der Waals surface area (Å²) in [5, 5.41) is 6.62. The smallest absolute Gasteiger partial charge is 0.339 e. The van der Waals surface area contributed by atoms with E-state index in [9.17, 15) is 4.79 Å². The zero-order chi connectivity index (χ0) is 24.1. The number of nitrogens with zero attached hydrogens (tertiary/aromatic N) is 2. The van der Waals surface area contributed by atoms with Crippen LogP contribution in [0.4, 0.5) is 23.1 Å². The van der Waals surface area contributed by atoms with Crippen molar-refractivity contribution in [3.05, 3.63) is 65.8 Å². The number of fused-ring (bicyclic) bond motifs is 1. The predicted molar refractivity (Wildman–Crippen MR) is 138 cm³/mol. The third kappa shape index (κ3) is 6.36. The van der Waals surface area contributed by atoms with E-state index in [0.29, 0.717) is 23.8 Å². The average molecular weight is 477 g/mol. The molecule has 0 saturated heterocycles. The molecule has 0 aliphatic heterocycles. The van der Waals surface area contributed by atoms with E-state index in [1.54, 1.807) is 11.3 Å². The summed E-state index contributed by atoms with van der Waals surface area (Å²) < 4.78 is 1.12. The molecule has 0 amide bonds. The van der Waals surface area contributed by atoms with Crippen LogP contribution in [0.2, 0.25) is 0 Å². The Kier molecular flexibility index (Phi) is 7.19. The molecule has 8 heteroatoms. The third-order valence-corrected chi connectivity index (χ3v) is 6.40. The SMILES string of the molecule is C[NH+](C)CC(C)(C)CCC(=O)c1cccc(Nc2nc(Nc3ccc4ncsc4c3)cc[nH+]2)c1. The maximum absolute atomic E-state index is 12.8. The van der Waals surface area contributed by atoms with Gasteiger partial charge in [0.05, 0.1) is 48.3 Å². The lowest BCUT2D eigenvalue weighted by Crippen LogP contribution is -3.07. The van der Waals surface area contributed by atoms with Gasteiger partial charge in [0, 0.05) is 29.2 Å². The molecule has 7 nitrogen and oxygen atoms in total. The van der Waals surface area contributed by atoms with Gasteiger partial charge in [0.25, 0.3) is 0 Å². The van der Waals surface area contributed by atoms with Gasteiger partial charge in [-0.1, -0.05) is 31.0 Å². The number of hydrogen-bond acceptors (Lipinski definition) is 6. The normalized spacial score (nSPS) is 11.7. The first kappa shape index (κ1) is 23.8. The quantitative estimate of drug-likeness (QED) is 0.300. The molecule has 0 unspecified atom stereocenters. The summed E-state index contributed by atoms with van der Waals surface area (Å²) in [6, 6.07) is 15.5. The van der Waals surface area contributed by atoms with E-state index in [1.165, 1.54) is 4.90 Å². The minimum absolute atomic E-state index is 0.126. The molecule has 0 spiro atoms. The van der Waals surface area contributed by atoms with Crippen molar-refractivity contribution < 1.29 is 14.7 Å². The molecule has 0 bridgehead atoms. The van der Waals surface area contributed by atoms with Gasteiger partial charge >= 0.3 is 5.95 Å². The minimum atomic E-state index is 0.126. The topological polar surface area (TPSA) is 85.5 Å². The van der Waals surface area contributed by atoms with Crippen LogP contribution in [0.25, 0.3) is 10.2 Å². The van der Waals surface area contributed by atoms with Crippen LogP contribution in [0.1, 0.15) is 37.0 Å². The number of rotatable bonds is 10. The Balaban J connectivity index is 1.41. The fraction of sp³-hybridized carbons (Fsp3) is 0.308. The molecule has 2 aromatic heterocycles. The maximum Gasteiger partial charge on any atom is 0.396 e. The summed E-state index contributed by atoms with van der Waals surface area (Å²) in [7, 11) is 4.29. The fourth-order valence-corrected chi connectivity index (χ4v) is 4.87. The Bertz CT molecular complexity index is 1280. The van der Waals surface area contributed by atoms with Gasteiger partial charge in [-0.05, 0) is 36.8 Å². The average Bonchev–Trinajstić information content (AvgIpc) is 3.25. The first-order valence-electron chi connectivity index (χ1n) is 11.5. The van der Waals surface area contributed by atoms with Gasteiger partial charge in [-0.3, -0.25) is 4.79 Å². The number of carbonyl (C=O) groups excluding carboxylic acids is 1. The van der Waals surface area contributed by atoms with E-state index < -0.39 is 0 Å². The Morgan fingerprint density at radius 1 is 1.09 bits per heavy atom. The predicted octanol–water partition coefficient (Wildman–Crippen LogP) is 4.13. The number of hydrogen-bond donors (Lipinski definition) is 3. The van der Waals surface area contributed by atoms with E-state index in [2.05, 4.69) is 59.6 Å². The molecular weight excluding hydrogens is 444 g/mol. The van der Waals surface area contributed by atoms with Gasteiger partial charge in [-0.25, -0.2) is 15.3 Å². The lowest BCUT2D eigenvalue weighted by atomic mass is 9.85. The number of Topliss-reactive ketones (excluding diaryl/α,β-unsaturated/α-hetero) is 1. The van der Waals surface area contributed by atoms with Crippen molar-refractivity contribution >= 4 is 50.5 Å². The zero-order valence-corrected chi connectivity index (χ0v) is 20.9. The van der Waals surface area contributed by atoms with Gasteiger partial charge in [-0.2, -0.15) is 0 Å². The highest BCUT2D eigenvalue weighted by Crippen LogP contribution is 2.25. The Morgan fingerprint density at radius 3 is 2.74 bits per heavy atom. The number of ketones is 1. The van der Waals surface area contributed by atoms with Crippen molar-refractivity contribution in [3.8, 4) is 0 Å². The molecule has 0 atom stereocenters. The third-order valence-electron chi connectivity index (χ3n) is 5.61. The number of carbonyl (C=O) groups is 1. The number of thiazole rings is 1. The molecule has 34 heavy (non-hydrogen) atoms. The summed E-state index contributed by atoms with van der Waals surface area (Å²) in [5.41, 5.74) is 5.44. The highest BCUT2D eigenvalue weighted by Gasteiger charge is 2.23. The largest absolute Gasteiger partial charge is 0.396 e. The lowest BCUT2D eigenvalue weighted by Gasteiger charge is -2.25. The molecule has 4 rings (SSSR count). The molecule has 4 aromatic rings. The van der Waals surface area contributed by atoms with Crippen LogP contribution in [0.15, 0.2) is 60.2 Å². The summed E-state index contributed by atoms with van der Waals surface area (Å²) in [6.07, 6.45) is 3.23. The summed E-state index contributed by atoms with van der Waals surface area (Å²) >= 11 is 1.61. The van der Waals surface area contributed by atoms with Crippen LogP contribution in [0, 0.1) is 5.41 Å². The highest BCUT2D eigenvalue weighted by atomic mass is 32.1. The molecule has 176 valence electrons. The van der Waals surface area contributed by atoms with Gasteiger partial charge in [0.15, 0.2) is 5.78 Å². The number of H-pyrrole nitrogens is 1. The van der Waals surface area contributed by atoms with Crippen molar-refractivity contribution in [1.29, 1.82) is 0 Å². The summed E-state index contributed by atoms with van der Waals surface area (Å²) in [4.78, 5) is 26.3. The molecule has 2 heterocycles. The number of benzene rings is 2. The van der Waals surface area contributed by atoms with Crippen molar-refractivity contribution in [2.24, 2.45) is 5.41 Å². The molecule has 0 radical (unpaired) electrons. The van der Waals surface area contributed by atoms with Crippen molar-refractivity contribution in [2.45, 2.75) is 26.7 Å². The number of aromatic amines is 1. The van der Waals surface area contributed by atoms with E-state index in [1.807, 2.05) is 54.2 Å². The first-order valence-corrected chi connectivity index (χ1v) is 12.3. The van der Waals surface area contributed by atoms with Gasteiger partial charge in [0.1, 0.15) is 0 Å². The molecule has 4 N–H and O–H groups in total. The van der Waals surface area contributed by atoms with Crippen molar-refractivity contribution in [3.63, 3.8) is 0 Å². The van der Waals surface area contributed by atoms with E-state index in [0.717, 1.165) is 34.6 Å². The number of aromatic nitrogens is 3. The Hall–Kier alpha value is -3.36. The van der Waals surface area contributed by atoms with E-state index in [4.69, 9.17) is 0 Å². The molecule has 0 aliphatic rings. The van der Waals surface area contributed by atoms with E-state index in [-0.39, 0.29) is 11.2 Å². The van der Waals surface area contributed by atoms with Crippen molar-refractivity contribution in [2.75, 3.05) is 31.3 Å². The van der Waals surface area contributed by atoms with Crippen LogP contribution < -0.4 is 20.5 Å². The van der Waals surface area contributed by atoms with Crippen LogP contribution >= 0.6 is 11.3 Å². The maximum atomic E-state index is 12.8. The van der Waals surface area contributed by atoms with Crippen LogP contribution in [-0.4, -0.2) is 36.4 Å². The molecule has 2 aromatic carbocycles. The molecule has 0 saturated carbocycles. The molecular formula is C26H32N6OS+2. The standard InChI is InChI=1S/C26H30N6OS/c1-26(2,16-32(3)4)12-10-22(33)18-6-5-7-19(14-18)30-25-27-13-11-24(31-25)29-20-8-9-21-23(15-20)34-17-28-21/h5-9,11,13-15,17H,10,12,16H2,1-4H3,(H2,27,29,30,31)/p+2. The zero-order valence-electron chi connectivity index (χ0n) is 20.1. The minimum Gasteiger partial charge on any atom is -0.339 e. The number of quaternary nitrogens is 1. The molecule has 0 aliphatic carbocycles. The number of anilines is 4. The fourth-order valence-electron chi connectivity index (χ4n) is 4.15. The number of nitrogens with one attached hydrogen (secondary N) is 4. The molecule has 0 fully saturated rings. The van der Waals surface area contributed by atoms with Crippen LogP contribution in [0.5, 0.6) is 0 Å². The summed E-state index contributed by atoms with van der Waals surface area (Å²) in [6.45, 7) is 5.48. The van der Waals surface area contributed by atoms with Gasteiger partial charge in [-0.15, -0.1) is 11.3 Å². The second-order valence-electron chi connectivity index (χ2n) is 9.66.